The van der Waals surface area contributed by atoms with Gasteiger partial charge in [0.15, 0.2) is 0 Å². The van der Waals surface area contributed by atoms with E-state index in [1.807, 2.05) is 24.3 Å². The molecule has 0 bridgehead atoms. The third-order valence-corrected chi connectivity index (χ3v) is 5.39. The summed E-state index contributed by atoms with van der Waals surface area (Å²) in [7, 11) is -3.44. The van der Waals surface area contributed by atoms with E-state index in [0.29, 0.717) is 16.3 Å². The van der Waals surface area contributed by atoms with Crippen LogP contribution in [0.1, 0.15) is 18.4 Å². The van der Waals surface area contributed by atoms with Crippen molar-refractivity contribution in [1.29, 1.82) is 0 Å². The lowest BCUT2D eigenvalue weighted by atomic mass is 10.2. The van der Waals surface area contributed by atoms with Gasteiger partial charge >= 0.3 is 0 Å². The standard InChI is InChI=1S/C17H19ClN2O2S/c18-15-5-3-14(4-6-15)13-23(21,22)19-16-7-9-17(10-8-16)20-11-1-2-12-20/h3-10,19H,1-2,11-13H2. The van der Waals surface area contributed by atoms with Crippen LogP contribution in [0.2, 0.25) is 5.02 Å². The highest BCUT2D eigenvalue weighted by Crippen LogP contribution is 2.23. The van der Waals surface area contributed by atoms with Gasteiger partial charge < -0.3 is 4.90 Å². The van der Waals surface area contributed by atoms with Crippen LogP contribution in [0.5, 0.6) is 0 Å². The van der Waals surface area contributed by atoms with Crippen molar-refractivity contribution >= 4 is 33.0 Å². The predicted octanol–water partition coefficient (Wildman–Crippen LogP) is 3.88. The van der Waals surface area contributed by atoms with Gasteiger partial charge in [-0.05, 0) is 54.8 Å². The fourth-order valence-corrected chi connectivity index (χ4v) is 4.06. The summed E-state index contributed by atoms with van der Waals surface area (Å²) in [5, 5.41) is 0.594. The van der Waals surface area contributed by atoms with Crippen LogP contribution in [0.3, 0.4) is 0 Å². The Kier molecular flexibility index (Phi) is 4.78. The fourth-order valence-electron chi connectivity index (χ4n) is 2.73. The van der Waals surface area contributed by atoms with Crippen LogP contribution >= 0.6 is 11.6 Å². The van der Waals surface area contributed by atoms with E-state index in [9.17, 15) is 8.42 Å². The third-order valence-electron chi connectivity index (χ3n) is 3.88. The molecular weight excluding hydrogens is 332 g/mol. The number of rotatable bonds is 5. The maximum Gasteiger partial charge on any atom is 0.236 e. The summed E-state index contributed by atoms with van der Waals surface area (Å²) < 4.78 is 27.1. The fraction of sp³-hybridized carbons (Fsp3) is 0.294. The van der Waals surface area contributed by atoms with Gasteiger partial charge in [-0.3, -0.25) is 4.72 Å². The first-order chi connectivity index (χ1) is 11.0. The highest BCUT2D eigenvalue weighted by molar-refractivity contribution is 7.91. The second kappa shape index (κ2) is 6.81. The molecule has 1 saturated heterocycles. The third kappa shape index (κ3) is 4.39. The van der Waals surface area contributed by atoms with Gasteiger partial charge in [-0.15, -0.1) is 0 Å². The average Bonchev–Trinajstić information content (AvgIpc) is 3.04. The zero-order valence-electron chi connectivity index (χ0n) is 12.7. The summed E-state index contributed by atoms with van der Waals surface area (Å²) in [4.78, 5) is 2.31. The Bertz CT molecular complexity index is 752. The van der Waals surface area contributed by atoms with Crippen molar-refractivity contribution in [2.24, 2.45) is 0 Å². The Morgan fingerprint density at radius 2 is 1.57 bits per heavy atom. The summed E-state index contributed by atoms with van der Waals surface area (Å²) in [6.45, 7) is 2.14. The van der Waals surface area contributed by atoms with Crippen molar-refractivity contribution < 1.29 is 8.42 Å². The van der Waals surface area contributed by atoms with Gasteiger partial charge in [-0.2, -0.15) is 0 Å². The molecule has 2 aromatic carbocycles. The van der Waals surface area contributed by atoms with Crippen molar-refractivity contribution in [3.8, 4) is 0 Å². The Hall–Kier alpha value is -1.72. The minimum Gasteiger partial charge on any atom is -0.372 e. The average molecular weight is 351 g/mol. The SMILES string of the molecule is O=S(=O)(Cc1ccc(Cl)cc1)Nc1ccc(N2CCCC2)cc1. The van der Waals surface area contributed by atoms with Crippen molar-refractivity contribution in [1.82, 2.24) is 0 Å². The lowest BCUT2D eigenvalue weighted by Gasteiger charge is -2.18. The van der Waals surface area contributed by atoms with Crippen LogP contribution < -0.4 is 9.62 Å². The molecular formula is C17H19ClN2O2S. The Labute approximate surface area is 142 Å². The highest BCUT2D eigenvalue weighted by atomic mass is 35.5. The number of hydrogen-bond donors (Lipinski definition) is 1. The van der Waals surface area contributed by atoms with Gasteiger partial charge in [0.05, 0.1) is 5.75 Å². The molecule has 0 amide bonds. The van der Waals surface area contributed by atoms with E-state index in [2.05, 4.69) is 9.62 Å². The van der Waals surface area contributed by atoms with Crippen LogP contribution in [-0.2, 0) is 15.8 Å². The first-order valence-electron chi connectivity index (χ1n) is 7.62. The van der Waals surface area contributed by atoms with Crippen LogP contribution in [0, 0.1) is 0 Å². The van der Waals surface area contributed by atoms with Crippen LogP contribution in [0.15, 0.2) is 48.5 Å². The molecule has 2 aromatic rings. The lowest BCUT2D eigenvalue weighted by molar-refractivity contribution is 0.600. The molecule has 4 nitrogen and oxygen atoms in total. The van der Waals surface area contributed by atoms with Crippen molar-refractivity contribution in [2.45, 2.75) is 18.6 Å². The second-order valence-electron chi connectivity index (χ2n) is 5.73. The molecule has 1 aliphatic heterocycles. The maximum absolute atomic E-state index is 12.2. The Balaban J connectivity index is 1.66. The van der Waals surface area contributed by atoms with Crippen molar-refractivity contribution in [3.63, 3.8) is 0 Å². The zero-order valence-corrected chi connectivity index (χ0v) is 14.3. The first-order valence-corrected chi connectivity index (χ1v) is 9.65. The van der Waals surface area contributed by atoms with E-state index >= 15 is 0 Å². The number of nitrogens with zero attached hydrogens (tertiary/aromatic N) is 1. The van der Waals surface area contributed by atoms with Crippen molar-refractivity contribution in [2.75, 3.05) is 22.7 Å². The number of anilines is 2. The van der Waals surface area contributed by atoms with Crippen molar-refractivity contribution in [3.05, 3.63) is 59.1 Å². The molecule has 0 aromatic heterocycles. The number of hydrogen-bond acceptors (Lipinski definition) is 3. The first kappa shape index (κ1) is 16.1. The van der Waals surface area contributed by atoms with Gasteiger partial charge in [0, 0.05) is 29.5 Å². The van der Waals surface area contributed by atoms with E-state index < -0.39 is 10.0 Å². The zero-order chi connectivity index (χ0) is 16.3. The van der Waals surface area contributed by atoms with Gasteiger partial charge in [0.1, 0.15) is 0 Å². The molecule has 0 aliphatic carbocycles. The molecule has 6 heteroatoms. The normalized spacial score (nSPS) is 14.9. The van der Waals surface area contributed by atoms with Crippen LogP contribution in [0.25, 0.3) is 0 Å². The van der Waals surface area contributed by atoms with E-state index in [0.717, 1.165) is 18.8 Å². The molecule has 122 valence electrons. The molecule has 23 heavy (non-hydrogen) atoms. The smallest absolute Gasteiger partial charge is 0.236 e. The summed E-state index contributed by atoms with van der Waals surface area (Å²) in [6, 6.07) is 14.4. The van der Waals surface area contributed by atoms with Crippen LogP contribution in [-0.4, -0.2) is 21.5 Å². The number of halogens is 1. The predicted molar refractivity (Wildman–Crippen MR) is 95.6 cm³/mol. The van der Waals surface area contributed by atoms with E-state index in [-0.39, 0.29) is 5.75 Å². The molecule has 3 rings (SSSR count). The topological polar surface area (TPSA) is 49.4 Å². The van der Waals surface area contributed by atoms with Gasteiger partial charge in [0.2, 0.25) is 10.0 Å². The lowest BCUT2D eigenvalue weighted by Crippen LogP contribution is -2.18. The largest absolute Gasteiger partial charge is 0.372 e. The number of nitrogens with one attached hydrogen (secondary N) is 1. The van der Waals surface area contributed by atoms with E-state index in [4.69, 9.17) is 11.6 Å². The number of benzene rings is 2. The second-order valence-corrected chi connectivity index (χ2v) is 7.89. The molecule has 0 radical (unpaired) electrons. The molecule has 0 spiro atoms. The molecule has 1 N–H and O–H groups in total. The minimum atomic E-state index is -3.44. The number of sulfonamides is 1. The Morgan fingerprint density at radius 3 is 2.17 bits per heavy atom. The summed E-state index contributed by atoms with van der Waals surface area (Å²) in [5.41, 5.74) is 2.43. The monoisotopic (exact) mass is 350 g/mol. The van der Waals surface area contributed by atoms with E-state index in [1.165, 1.54) is 12.8 Å². The van der Waals surface area contributed by atoms with Gasteiger partial charge in [0.25, 0.3) is 0 Å². The minimum absolute atomic E-state index is 0.0714. The summed E-state index contributed by atoms with van der Waals surface area (Å²) in [5.74, 6) is -0.0714. The Morgan fingerprint density at radius 1 is 0.957 bits per heavy atom. The molecule has 0 saturated carbocycles. The molecule has 0 unspecified atom stereocenters. The molecule has 1 fully saturated rings. The quantitative estimate of drug-likeness (QED) is 0.890. The van der Waals surface area contributed by atoms with E-state index in [1.54, 1.807) is 24.3 Å². The van der Waals surface area contributed by atoms with Gasteiger partial charge in [-0.1, -0.05) is 23.7 Å². The van der Waals surface area contributed by atoms with Crippen LogP contribution in [0.4, 0.5) is 11.4 Å². The maximum atomic E-state index is 12.2. The molecule has 0 atom stereocenters. The molecule has 1 aliphatic rings. The summed E-state index contributed by atoms with van der Waals surface area (Å²) >= 11 is 5.81. The van der Waals surface area contributed by atoms with Gasteiger partial charge in [-0.25, -0.2) is 8.42 Å². The highest BCUT2D eigenvalue weighted by Gasteiger charge is 2.14. The molecule has 1 heterocycles. The summed E-state index contributed by atoms with van der Waals surface area (Å²) in [6.07, 6.45) is 2.44.